The third-order valence-corrected chi connectivity index (χ3v) is 11.9. The number of ether oxygens (including phenoxy) is 1. The van der Waals surface area contributed by atoms with Crippen molar-refractivity contribution in [1.29, 1.82) is 0 Å². The number of para-hydroxylation sites is 1. The van der Waals surface area contributed by atoms with E-state index in [1.54, 1.807) is 0 Å². The van der Waals surface area contributed by atoms with Crippen molar-refractivity contribution in [2.24, 2.45) is 0 Å². The number of rotatable bonds is 7. The van der Waals surface area contributed by atoms with Crippen molar-refractivity contribution in [2.75, 3.05) is 0 Å². The van der Waals surface area contributed by atoms with Gasteiger partial charge in [0.2, 0.25) is 0 Å². The van der Waals surface area contributed by atoms with E-state index in [4.69, 9.17) is 14.8 Å². The van der Waals surface area contributed by atoms with Gasteiger partial charge in [-0.1, -0.05) is 159 Å². The Labute approximate surface area is 366 Å². The van der Waals surface area contributed by atoms with Gasteiger partial charge in [0.05, 0.1) is 22.4 Å². The van der Waals surface area contributed by atoms with Gasteiger partial charge in [0.25, 0.3) is 6.33 Å². The summed E-state index contributed by atoms with van der Waals surface area (Å²) in [5.41, 5.74) is 12.0. The SMILES string of the molecule is Cc1cccc(-c2ccccc2)c1-c1n[n+](-c2cc(C(C)(C)C)cc(C(C)(C)C)c2)[c-]n1-c1cccc(Oc2ccc3c4ccccc4n(-c4cc(C(C)(C)C)ccn4)c3c2)c1. The second kappa shape index (κ2) is 15.3. The van der Waals surface area contributed by atoms with Crippen LogP contribution < -0.4 is 9.42 Å². The van der Waals surface area contributed by atoms with Crippen LogP contribution in [0.1, 0.15) is 84.6 Å². The maximum absolute atomic E-state index is 6.79. The molecule has 9 aromatic rings. The molecule has 6 aromatic carbocycles. The summed E-state index contributed by atoms with van der Waals surface area (Å²) in [5, 5.41) is 7.74. The highest BCUT2D eigenvalue weighted by Crippen LogP contribution is 2.38. The van der Waals surface area contributed by atoms with Gasteiger partial charge in [-0.05, 0) is 99.0 Å². The molecule has 0 spiro atoms. The van der Waals surface area contributed by atoms with Crippen molar-refractivity contribution in [3.8, 4) is 51.2 Å². The maximum Gasteiger partial charge on any atom is 0.273 e. The molecule has 0 saturated heterocycles. The molecular weight excluding hydrogens is 759 g/mol. The average molecular weight is 814 g/mol. The highest BCUT2D eigenvalue weighted by atomic mass is 16.5. The van der Waals surface area contributed by atoms with Crippen molar-refractivity contribution in [1.82, 2.24) is 19.2 Å². The molecule has 0 atom stereocenters. The number of pyridine rings is 1. The van der Waals surface area contributed by atoms with Crippen LogP contribution in [0, 0.1) is 13.3 Å². The van der Waals surface area contributed by atoms with Gasteiger partial charge in [-0.15, -0.1) is 5.10 Å². The van der Waals surface area contributed by atoms with Gasteiger partial charge in [-0.3, -0.25) is 9.13 Å². The fraction of sp³-hybridized carbons (Fsp3) is 0.232. The van der Waals surface area contributed by atoms with Gasteiger partial charge >= 0.3 is 0 Å². The minimum atomic E-state index is -0.0610. The van der Waals surface area contributed by atoms with Crippen LogP contribution in [0.2, 0.25) is 0 Å². The monoisotopic (exact) mass is 813 g/mol. The predicted molar refractivity (Wildman–Crippen MR) is 254 cm³/mol. The minimum absolute atomic E-state index is 0.0182. The van der Waals surface area contributed by atoms with Gasteiger partial charge in [-0.2, -0.15) is 4.68 Å². The molecule has 6 heteroatoms. The molecule has 9 rings (SSSR count). The van der Waals surface area contributed by atoms with E-state index in [0.717, 1.165) is 67.4 Å². The van der Waals surface area contributed by atoms with Gasteiger partial charge < -0.3 is 4.74 Å². The lowest BCUT2D eigenvalue weighted by molar-refractivity contribution is -0.660. The van der Waals surface area contributed by atoms with Crippen LogP contribution in [0.5, 0.6) is 11.5 Å². The second-order valence-electron chi connectivity index (χ2n) is 19.6. The highest BCUT2D eigenvalue weighted by Gasteiger charge is 2.25. The van der Waals surface area contributed by atoms with Gasteiger partial charge in [-0.25, -0.2) is 4.98 Å². The Morgan fingerprint density at radius 1 is 0.565 bits per heavy atom. The third-order valence-electron chi connectivity index (χ3n) is 11.9. The first-order valence-corrected chi connectivity index (χ1v) is 21.6. The Morgan fingerprint density at radius 2 is 1.23 bits per heavy atom. The molecule has 0 aliphatic heterocycles. The van der Waals surface area contributed by atoms with E-state index in [1.165, 1.54) is 22.1 Å². The Kier molecular flexibility index (Phi) is 10.0. The lowest BCUT2D eigenvalue weighted by atomic mass is 9.80. The van der Waals surface area contributed by atoms with Crippen LogP contribution in [0.4, 0.5) is 0 Å². The molecular formula is C56H55N5O. The lowest BCUT2D eigenvalue weighted by Crippen LogP contribution is -2.34. The molecule has 0 aliphatic rings. The zero-order valence-corrected chi connectivity index (χ0v) is 37.6. The van der Waals surface area contributed by atoms with E-state index in [1.807, 2.05) is 23.0 Å². The first-order chi connectivity index (χ1) is 29.5. The first kappa shape index (κ1) is 40.6. The smallest absolute Gasteiger partial charge is 0.273 e. The maximum atomic E-state index is 6.79. The quantitative estimate of drug-likeness (QED) is 0.119. The molecule has 0 bridgehead atoms. The van der Waals surface area contributed by atoms with Crippen LogP contribution >= 0.6 is 0 Å². The van der Waals surface area contributed by atoms with E-state index in [9.17, 15) is 0 Å². The van der Waals surface area contributed by atoms with E-state index < -0.39 is 0 Å². The largest absolute Gasteiger partial charge is 0.458 e. The zero-order valence-electron chi connectivity index (χ0n) is 37.6. The molecule has 0 aliphatic carbocycles. The topological polar surface area (TPSA) is 48.8 Å². The van der Waals surface area contributed by atoms with E-state index in [-0.39, 0.29) is 16.2 Å². The Bertz CT molecular complexity index is 3080. The molecule has 310 valence electrons. The molecule has 3 aromatic heterocycles. The summed E-state index contributed by atoms with van der Waals surface area (Å²) in [6, 6.07) is 51.3. The lowest BCUT2D eigenvalue weighted by Gasteiger charge is -2.26. The van der Waals surface area contributed by atoms with Crippen molar-refractivity contribution in [3.63, 3.8) is 0 Å². The fourth-order valence-corrected chi connectivity index (χ4v) is 8.27. The normalized spacial score (nSPS) is 12.4. The number of aryl methyl sites for hydroxylation is 1. The van der Waals surface area contributed by atoms with E-state index >= 15 is 0 Å². The molecule has 0 saturated carbocycles. The minimum Gasteiger partial charge on any atom is -0.458 e. The van der Waals surface area contributed by atoms with Gasteiger partial charge in [0.1, 0.15) is 17.3 Å². The standard InChI is InChI=1S/C56H55N5O/c1-37-18-16-24-46(38-19-12-11-13-20-38)52(37)53-58-60(43-31-40(55(5,6)7)30-41(32-43)56(8,9)10)36-59(53)42-21-17-22-44(34-42)62-45-26-27-48-47-23-14-15-25-49(47)61(50(48)35-45)51-33-39(28-29-57-51)54(2,3)4/h11-35H,1-10H3. The highest BCUT2D eigenvalue weighted by molar-refractivity contribution is 6.09. The number of aromatic nitrogens is 5. The first-order valence-electron chi connectivity index (χ1n) is 21.6. The summed E-state index contributed by atoms with van der Waals surface area (Å²) in [4.78, 5) is 4.88. The average Bonchev–Trinajstić information content (AvgIpc) is 3.83. The molecule has 0 amide bonds. The second-order valence-corrected chi connectivity index (χ2v) is 19.6. The molecule has 6 nitrogen and oxygen atoms in total. The number of hydrogen-bond donors (Lipinski definition) is 0. The molecule has 62 heavy (non-hydrogen) atoms. The predicted octanol–water partition coefficient (Wildman–Crippen LogP) is 13.8. The van der Waals surface area contributed by atoms with Gasteiger partial charge in [0, 0.05) is 28.6 Å². The van der Waals surface area contributed by atoms with Crippen molar-refractivity contribution in [3.05, 3.63) is 180 Å². The van der Waals surface area contributed by atoms with E-state index in [2.05, 4.69) is 218 Å². The summed E-state index contributed by atoms with van der Waals surface area (Å²) < 4.78 is 13.0. The Balaban J connectivity index is 1.19. The molecule has 0 unspecified atom stereocenters. The zero-order chi connectivity index (χ0) is 43.6. The number of nitrogens with zero attached hydrogens (tertiary/aromatic N) is 5. The summed E-state index contributed by atoms with van der Waals surface area (Å²) in [6.45, 7) is 22.5. The van der Waals surface area contributed by atoms with Crippen molar-refractivity contribution in [2.45, 2.75) is 85.5 Å². The number of fused-ring (bicyclic) bond motifs is 3. The van der Waals surface area contributed by atoms with Crippen LogP contribution in [0.25, 0.3) is 61.5 Å². The number of benzene rings is 6. The summed E-state index contributed by atoms with van der Waals surface area (Å²) in [6.07, 6.45) is 5.62. The Hall–Kier alpha value is -6.79. The van der Waals surface area contributed by atoms with E-state index in [0.29, 0.717) is 5.75 Å². The summed E-state index contributed by atoms with van der Waals surface area (Å²) in [5.74, 6) is 3.10. The van der Waals surface area contributed by atoms with Crippen LogP contribution in [-0.4, -0.2) is 19.2 Å². The Morgan fingerprint density at radius 3 is 1.95 bits per heavy atom. The van der Waals surface area contributed by atoms with Crippen molar-refractivity contribution >= 4 is 21.8 Å². The molecule has 0 N–H and O–H groups in total. The summed E-state index contributed by atoms with van der Waals surface area (Å²) in [7, 11) is 0. The third kappa shape index (κ3) is 7.70. The summed E-state index contributed by atoms with van der Waals surface area (Å²) >= 11 is 0. The van der Waals surface area contributed by atoms with Crippen molar-refractivity contribution < 1.29 is 9.42 Å². The molecule has 0 fully saturated rings. The van der Waals surface area contributed by atoms with Crippen LogP contribution in [-0.2, 0) is 16.2 Å². The van der Waals surface area contributed by atoms with Crippen LogP contribution in [0.15, 0.2) is 152 Å². The fourth-order valence-electron chi connectivity index (χ4n) is 8.27. The number of hydrogen-bond acceptors (Lipinski definition) is 3. The molecule has 0 radical (unpaired) electrons. The van der Waals surface area contributed by atoms with Gasteiger partial charge in [0.15, 0.2) is 5.82 Å². The molecule has 3 heterocycles. The van der Waals surface area contributed by atoms with Crippen LogP contribution in [0.3, 0.4) is 0 Å².